The van der Waals surface area contributed by atoms with E-state index in [-0.39, 0.29) is 12.1 Å². The molecule has 0 saturated heterocycles. The molecule has 0 aliphatic rings. The van der Waals surface area contributed by atoms with E-state index >= 15 is 0 Å². The van der Waals surface area contributed by atoms with Crippen molar-refractivity contribution in [3.05, 3.63) is 25.9 Å². The van der Waals surface area contributed by atoms with Crippen LogP contribution in [0.4, 0.5) is 4.39 Å². The van der Waals surface area contributed by atoms with Gasteiger partial charge in [0.05, 0.1) is 10.1 Å². The van der Waals surface area contributed by atoms with E-state index < -0.39 is 6.67 Å². The number of aryl methyl sites for hydroxylation is 1. The first-order chi connectivity index (χ1) is 5.66. The minimum Gasteiger partial charge on any atom is -0.293 e. The summed E-state index contributed by atoms with van der Waals surface area (Å²) in [4.78, 5) is 15.3. The van der Waals surface area contributed by atoms with E-state index in [0.717, 1.165) is 0 Å². The Labute approximate surface area is 82.8 Å². The van der Waals surface area contributed by atoms with Gasteiger partial charge in [-0.1, -0.05) is 0 Å². The molecule has 0 fully saturated rings. The summed E-state index contributed by atoms with van der Waals surface area (Å²) in [7, 11) is 0. The Morgan fingerprint density at radius 2 is 2.42 bits per heavy atom. The molecule has 1 aromatic rings. The van der Waals surface area contributed by atoms with Crippen molar-refractivity contribution in [2.45, 2.75) is 13.5 Å². The topological polar surface area (TPSA) is 34.9 Å². The first-order valence-electron chi connectivity index (χ1n) is 3.44. The van der Waals surface area contributed by atoms with Crippen LogP contribution < -0.4 is 5.56 Å². The van der Waals surface area contributed by atoms with Gasteiger partial charge in [0.25, 0.3) is 5.56 Å². The molecular weight excluding hydrogens is 274 g/mol. The quantitative estimate of drug-likeness (QED) is 0.762. The molecule has 12 heavy (non-hydrogen) atoms. The fourth-order valence-corrected chi connectivity index (χ4v) is 1.33. The molecule has 1 heterocycles. The Kier molecular flexibility index (Phi) is 3.19. The lowest BCUT2D eigenvalue weighted by molar-refractivity contribution is 0.432. The summed E-state index contributed by atoms with van der Waals surface area (Å²) < 4.78 is 13.8. The second-order valence-corrected chi connectivity index (χ2v) is 3.46. The fraction of sp³-hybridized carbons (Fsp3) is 0.429. The summed E-state index contributed by atoms with van der Waals surface area (Å²) in [6.45, 7) is 1.24. The summed E-state index contributed by atoms with van der Waals surface area (Å²) >= 11 is 1.89. The molecule has 0 atom stereocenters. The van der Waals surface area contributed by atoms with Crippen LogP contribution in [0, 0.1) is 10.5 Å². The standard InChI is InChI=1S/C7H8FIN2O/c1-5-10-4-6(9)7(12)11(5)3-2-8/h4H,2-3H2,1H3. The van der Waals surface area contributed by atoms with E-state index in [1.54, 1.807) is 6.92 Å². The van der Waals surface area contributed by atoms with Crippen molar-refractivity contribution in [2.24, 2.45) is 0 Å². The molecule has 0 saturated carbocycles. The highest BCUT2D eigenvalue weighted by atomic mass is 127. The summed E-state index contributed by atoms with van der Waals surface area (Å²) in [6.07, 6.45) is 1.49. The van der Waals surface area contributed by atoms with Gasteiger partial charge in [0.2, 0.25) is 0 Å². The number of alkyl halides is 1. The molecule has 5 heteroatoms. The summed E-state index contributed by atoms with van der Waals surface area (Å²) in [5.41, 5.74) is -0.166. The predicted octanol–water partition coefficient (Wildman–Crippen LogP) is 1.13. The Morgan fingerprint density at radius 1 is 1.75 bits per heavy atom. The summed E-state index contributed by atoms with van der Waals surface area (Å²) in [6, 6.07) is 0. The van der Waals surface area contributed by atoms with Crippen LogP contribution >= 0.6 is 22.6 Å². The van der Waals surface area contributed by atoms with Crippen molar-refractivity contribution < 1.29 is 4.39 Å². The van der Waals surface area contributed by atoms with Crippen molar-refractivity contribution in [2.75, 3.05) is 6.67 Å². The minimum atomic E-state index is -0.539. The van der Waals surface area contributed by atoms with Crippen molar-refractivity contribution in [1.29, 1.82) is 0 Å². The average Bonchev–Trinajstić information content (AvgIpc) is 2.06. The normalized spacial score (nSPS) is 10.2. The molecule has 1 aromatic heterocycles. The average molecular weight is 282 g/mol. The Bertz CT molecular complexity index is 337. The van der Waals surface area contributed by atoms with Crippen molar-refractivity contribution in [1.82, 2.24) is 9.55 Å². The van der Waals surface area contributed by atoms with Crippen LogP contribution in [0.3, 0.4) is 0 Å². The number of halogens is 2. The van der Waals surface area contributed by atoms with Crippen LogP contribution in [-0.2, 0) is 6.54 Å². The van der Waals surface area contributed by atoms with Gasteiger partial charge in [-0.3, -0.25) is 9.36 Å². The molecule has 0 aromatic carbocycles. The van der Waals surface area contributed by atoms with Gasteiger partial charge in [-0.15, -0.1) is 0 Å². The van der Waals surface area contributed by atoms with E-state index in [9.17, 15) is 9.18 Å². The lowest BCUT2D eigenvalue weighted by Crippen LogP contribution is -2.26. The zero-order chi connectivity index (χ0) is 9.14. The van der Waals surface area contributed by atoms with E-state index in [0.29, 0.717) is 9.39 Å². The van der Waals surface area contributed by atoms with Crippen molar-refractivity contribution >= 4 is 22.6 Å². The summed E-state index contributed by atoms with van der Waals surface area (Å²) in [5, 5.41) is 0. The third-order valence-corrected chi connectivity index (χ3v) is 2.25. The number of rotatable bonds is 2. The van der Waals surface area contributed by atoms with Crippen molar-refractivity contribution in [3.8, 4) is 0 Å². The second-order valence-electron chi connectivity index (χ2n) is 2.30. The lowest BCUT2D eigenvalue weighted by atomic mass is 10.5. The molecule has 0 unspecified atom stereocenters. The third-order valence-electron chi connectivity index (χ3n) is 1.51. The van der Waals surface area contributed by atoms with Gasteiger partial charge in [0.15, 0.2) is 0 Å². The number of nitrogens with zero attached hydrogens (tertiary/aromatic N) is 2. The SMILES string of the molecule is Cc1ncc(I)c(=O)n1CCF. The highest BCUT2D eigenvalue weighted by Gasteiger charge is 2.03. The Balaban J connectivity index is 3.24. The van der Waals surface area contributed by atoms with Gasteiger partial charge < -0.3 is 0 Å². The molecule has 0 aliphatic heterocycles. The Hall–Kier alpha value is -0.460. The van der Waals surface area contributed by atoms with Crippen LogP contribution in [0.2, 0.25) is 0 Å². The third kappa shape index (κ3) is 1.82. The highest BCUT2D eigenvalue weighted by molar-refractivity contribution is 14.1. The molecule has 0 bridgehead atoms. The predicted molar refractivity (Wildman–Crippen MR) is 51.9 cm³/mol. The van der Waals surface area contributed by atoms with Gasteiger partial charge in [0, 0.05) is 6.20 Å². The smallest absolute Gasteiger partial charge is 0.267 e. The molecule has 0 aliphatic carbocycles. The minimum absolute atomic E-state index is 0.0918. The molecule has 1 rings (SSSR count). The van der Waals surface area contributed by atoms with Gasteiger partial charge in [0.1, 0.15) is 12.5 Å². The van der Waals surface area contributed by atoms with Crippen molar-refractivity contribution in [3.63, 3.8) is 0 Å². The maximum atomic E-state index is 12.0. The Morgan fingerprint density at radius 3 is 3.00 bits per heavy atom. The van der Waals surface area contributed by atoms with Crippen LogP contribution in [0.1, 0.15) is 5.82 Å². The highest BCUT2D eigenvalue weighted by Crippen LogP contribution is 1.97. The first-order valence-corrected chi connectivity index (χ1v) is 4.52. The fourth-order valence-electron chi connectivity index (χ4n) is 0.899. The summed E-state index contributed by atoms with van der Waals surface area (Å²) in [5.74, 6) is 0.554. The van der Waals surface area contributed by atoms with Gasteiger partial charge >= 0.3 is 0 Å². The van der Waals surface area contributed by atoms with Crippen LogP contribution in [-0.4, -0.2) is 16.2 Å². The molecule has 0 spiro atoms. The first kappa shape index (κ1) is 9.63. The van der Waals surface area contributed by atoms with Crippen LogP contribution in [0.15, 0.2) is 11.0 Å². The number of aromatic nitrogens is 2. The van der Waals surface area contributed by atoms with Gasteiger partial charge in [-0.25, -0.2) is 9.37 Å². The zero-order valence-corrected chi connectivity index (χ0v) is 8.71. The van der Waals surface area contributed by atoms with Crippen LogP contribution in [0.5, 0.6) is 0 Å². The monoisotopic (exact) mass is 282 g/mol. The van der Waals surface area contributed by atoms with Gasteiger partial charge in [-0.05, 0) is 29.5 Å². The lowest BCUT2D eigenvalue weighted by Gasteiger charge is -2.05. The maximum Gasteiger partial charge on any atom is 0.267 e. The zero-order valence-electron chi connectivity index (χ0n) is 6.55. The largest absolute Gasteiger partial charge is 0.293 e. The molecule has 0 N–H and O–H groups in total. The second kappa shape index (κ2) is 3.97. The van der Waals surface area contributed by atoms with E-state index in [2.05, 4.69) is 4.98 Å². The van der Waals surface area contributed by atoms with Crippen LogP contribution in [0.25, 0.3) is 0 Å². The van der Waals surface area contributed by atoms with E-state index in [1.165, 1.54) is 10.8 Å². The van der Waals surface area contributed by atoms with E-state index in [1.807, 2.05) is 22.6 Å². The van der Waals surface area contributed by atoms with Gasteiger partial charge in [-0.2, -0.15) is 0 Å². The number of hydrogen-bond donors (Lipinski definition) is 0. The molecular formula is C7H8FIN2O. The molecule has 0 amide bonds. The molecule has 0 radical (unpaired) electrons. The molecule has 3 nitrogen and oxygen atoms in total. The molecule has 66 valence electrons. The maximum absolute atomic E-state index is 12.0. The van der Waals surface area contributed by atoms with E-state index in [4.69, 9.17) is 0 Å². The number of hydrogen-bond acceptors (Lipinski definition) is 2.